The first-order chi connectivity index (χ1) is 13.7. The third kappa shape index (κ3) is 4.19. The van der Waals surface area contributed by atoms with Crippen molar-refractivity contribution in [2.45, 2.75) is 25.7 Å². The molecule has 0 aliphatic carbocycles. The summed E-state index contributed by atoms with van der Waals surface area (Å²) in [6, 6.07) is 6.28. The van der Waals surface area contributed by atoms with Crippen molar-refractivity contribution >= 4 is 22.5 Å². The van der Waals surface area contributed by atoms with Gasteiger partial charge in [0.1, 0.15) is 6.33 Å². The number of benzene rings is 1. The van der Waals surface area contributed by atoms with E-state index in [0.717, 1.165) is 76.0 Å². The highest BCUT2D eigenvalue weighted by atomic mass is 16.5. The number of rotatable bonds is 5. The SMILES string of the molecule is COc1ncnc2ccc(N3CCN(CCN4CCCCCC4=O)CC3)cc12. The molecule has 3 heterocycles. The lowest BCUT2D eigenvalue weighted by Crippen LogP contribution is -2.49. The lowest BCUT2D eigenvalue weighted by atomic mass is 10.2. The fraction of sp³-hybridized carbons (Fsp3) is 0.571. The molecule has 0 bridgehead atoms. The van der Waals surface area contributed by atoms with Gasteiger partial charge in [0.25, 0.3) is 0 Å². The van der Waals surface area contributed by atoms with E-state index in [4.69, 9.17) is 4.74 Å². The molecule has 0 N–H and O–H groups in total. The van der Waals surface area contributed by atoms with Crippen molar-refractivity contribution in [1.29, 1.82) is 0 Å². The molecule has 1 aromatic heterocycles. The molecule has 28 heavy (non-hydrogen) atoms. The number of nitrogens with zero attached hydrogens (tertiary/aromatic N) is 5. The molecule has 7 heteroatoms. The first-order valence-electron chi connectivity index (χ1n) is 10.3. The van der Waals surface area contributed by atoms with Gasteiger partial charge in [0, 0.05) is 57.9 Å². The van der Waals surface area contributed by atoms with E-state index in [1.54, 1.807) is 7.11 Å². The minimum absolute atomic E-state index is 0.337. The van der Waals surface area contributed by atoms with Crippen LogP contribution < -0.4 is 9.64 Å². The van der Waals surface area contributed by atoms with Crippen LogP contribution in [0.1, 0.15) is 25.7 Å². The number of hydrogen-bond donors (Lipinski definition) is 0. The molecule has 0 saturated carbocycles. The number of methoxy groups -OCH3 is 1. The molecule has 2 fully saturated rings. The van der Waals surface area contributed by atoms with Gasteiger partial charge >= 0.3 is 0 Å². The molecule has 0 spiro atoms. The Labute approximate surface area is 166 Å². The smallest absolute Gasteiger partial charge is 0.224 e. The van der Waals surface area contributed by atoms with Gasteiger partial charge in [0.05, 0.1) is 18.0 Å². The average Bonchev–Trinajstić information content (AvgIpc) is 2.95. The van der Waals surface area contributed by atoms with Gasteiger partial charge in [-0.1, -0.05) is 6.42 Å². The molecule has 2 aliphatic rings. The lowest BCUT2D eigenvalue weighted by molar-refractivity contribution is -0.130. The van der Waals surface area contributed by atoms with Gasteiger partial charge in [-0.25, -0.2) is 9.97 Å². The van der Waals surface area contributed by atoms with Gasteiger partial charge < -0.3 is 14.5 Å². The number of amides is 1. The van der Waals surface area contributed by atoms with Crippen LogP contribution in [0, 0.1) is 0 Å². The molecule has 2 saturated heterocycles. The topological polar surface area (TPSA) is 61.8 Å². The van der Waals surface area contributed by atoms with Crippen molar-refractivity contribution < 1.29 is 9.53 Å². The molecule has 2 aromatic rings. The van der Waals surface area contributed by atoms with Crippen LogP contribution in [0.2, 0.25) is 0 Å². The average molecular weight is 383 g/mol. The first kappa shape index (κ1) is 18.9. The number of fused-ring (bicyclic) bond motifs is 1. The Kier molecular flexibility index (Phi) is 5.90. The van der Waals surface area contributed by atoms with Crippen LogP contribution in [0.3, 0.4) is 0 Å². The highest BCUT2D eigenvalue weighted by Crippen LogP contribution is 2.27. The Balaban J connectivity index is 1.34. The zero-order valence-corrected chi connectivity index (χ0v) is 16.6. The van der Waals surface area contributed by atoms with Crippen LogP contribution in [-0.2, 0) is 4.79 Å². The Morgan fingerprint density at radius 1 is 1.00 bits per heavy atom. The molecule has 4 rings (SSSR count). The van der Waals surface area contributed by atoms with Crippen molar-refractivity contribution in [3.05, 3.63) is 24.5 Å². The van der Waals surface area contributed by atoms with Crippen molar-refractivity contribution in [2.75, 3.05) is 57.8 Å². The van der Waals surface area contributed by atoms with Gasteiger partial charge in [-0.05, 0) is 31.0 Å². The van der Waals surface area contributed by atoms with Gasteiger partial charge in [0.15, 0.2) is 0 Å². The summed E-state index contributed by atoms with van der Waals surface area (Å²) in [6.07, 6.45) is 5.64. The number of aromatic nitrogens is 2. The number of hydrogen-bond acceptors (Lipinski definition) is 6. The van der Waals surface area contributed by atoms with Crippen LogP contribution >= 0.6 is 0 Å². The normalized spacial score (nSPS) is 19.1. The summed E-state index contributed by atoms with van der Waals surface area (Å²) in [5, 5.41) is 0.949. The fourth-order valence-electron chi connectivity index (χ4n) is 4.15. The van der Waals surface area contributed by atoms with E-state index in [0.29, 0.717) is 11.8 Å². The predicted molar refractivity (Wildman–Crippen MR) is 110 cm³/mol. The molecule has 0 radical (unpaired) electrons. The van der Waals surface area contributed by atoms with Crippen LogP contribution in [0.5, 0.6) is 5.88 Å². The quantitative estimate of drug-likeness (QED) is 0.789. The summed E-state index contributed by atoms with van der Waals surface area (Å²) in [7, 11) is 1.64. The number of carbonyl (C=O) groups is 1. The van der Waals surface area contributed by atoms with E-state index in [9.17, 15) is 4.79 Å². The fourth-order valence-corrected chi connectivity index (χ4v) is 4.15. The second-order valence-electron chi connectivity index (χ2n) is 7.60. The van der Waals surface area contributed by atoms with Crippen LogP contribution in [0.4, 0.5) is 5.69 Å². The minimum atomic E-state index is 0.337. The number of carbonyl (C=O) groups excluding carboxylic acids is 1. The highest BCUT2D eigenvalue weighted by Gasteiger charge is 2.21. The Morgan fingerprint density at radius 2 is 1.86 bits per heavy atom. The van der Waals surface area contributed by atoms with E-state index < -0.39 is 0 Å². The maximum Gasteiger partial charge on any atom is 0.224 e. The summed E-state index contributed by atoms with van der Waals surface area (Å²) in [5.41, 5.74) is 2.08. The predicted octanol–water partition coefficient (Wildman–Crippen LogP) is 2.16. The molecule has 1 amide bonds. The summed E-state index contributed by atoms with van der Waals surface area (Å²) < 4.78 is 5.38. The van der Waals surface area contributed by atoms with Crippen molar-refractivity contribution in [2.24, 2.45) is 0 Å². The summed E-state index contributed by atoms with van der Waals surface area (Å²) in [4.78, 5) is 27.6. The van der Waals surface area contributed by atoms with Gasteiger partial charge in [-0.15, -0.1) is 0 Å². The monoisotopic (exact) mass is 383 g/mol. The van der Waals surface area contributed by atoms with Gasteiger partial charge in [-0.3, -0.25) is 9.69 Å². The maximum atomic E-state index is 12.2. The number of ether oxygens (including phenoxy) is 1. The number of anilines is 1. The van der Waals surface area contributed by atoms with E-state index in [-0.39, 0.29) is 0 Å². The van der Waals surface area contributed by atoms with E-state index in [2.05, 4.69) is 36.8 Å². The summed E-state index contributed by atoms with van der Waals surface area (Å²) >= 11 is 0. The van der Waals surface area contributed by atoms with Crippen molar-refractivity contribution in [3.63, 3.8) is 0 Å². The van der Waals surface area contributed by atoms with E-state index >= 15 is 0 Å². The third-order valence-corrected chi connectivity index (χ3v) is 5.87. The van der Waals surface area contributed by atoms with Crippen molar-refractivity contribution in [3.8, 4) is 5.88 Å². The second kappa shape index (κ2) is 8.73. The standard InChI is InChI=1S/C21H29N5O2/c1-28-21-18-15-17(6-7-19(18)22-16-23-21)25-12-9-24(10-13-25)11-14-26-8-4-2-3-5-20(26)27/h6-7,15-16H,2-5,8-14H2,1H3. The molecule has 0 atom stereocenters. The van der Waals surface area contributed by atoms with Gasteiger partial charge in [-0.2, -0.15) is 0 Å². The van der Waals surface area contributed by atoms with Crippen LogP contribution in [0.25, 0.3) is 10.9 Å². The number of piperazine rings is 1. The zero-order chi connectivity index (χ0) is 19.3. The molecule has 150 valence electrons. The molecule has 1 aromatic carbocycles. The lowest BCUT2D eigenvalue weighted by Gasteiger charge is -2.37. The number of likely N-dealkylation sites (tertiary alicyclic amines) is 1. The van der Waals surface area contributed by atoms with Crippen molar-refractivity contribution in [1.82, 2.24) is 19.8 Å². The van der Waals surface area contributed by atoms with Crippen LogP contribution in [-0.4, -0.2) is 78.6 Å². The van der Waals surface area contributed by atoms with Crippen LogP contribution in [0.15, 0.2) is 24.5 Å². The molecular weight excluding hydrogens is 354 g/mol. The Morgan fingerprint density at radius 3 is 2.68 bits per heavy atom. The third-order valence-electron chi connectivity index (χ3n) is 5.87. The maximum absolute atomic E-state index is 12.2. The summed E-state index contributed by atoms with van der Waals surface area (Å²) in [6.45, 7) is 6.76. The van der Waals surface area contributed by atoms with E-state index in [1.807, 2.05) is 6.07 Å². The molecular formula is C21H29N5O2. The molecule has 0 unspecified atom stereocenters. The highest BCUT2D eigenvalue weighted by molar-refractivity contribution is 5.86. The summed E-state index contributed by atoms with van der Waals surface area (Å²) in [5.74, 6) is 0.955. The Hall–Kier alpha value is -2.41. The largest absolute Gasteiger partial charge is 0.480 e. The Bertz CT molecular complexity index is 820. The molecule has 2 aliphatic heterocycles. The van der Waals surface area contributed by atoms with Gasteiger partial charge in [0.2, 0.25) is 11.8 Å². The van der Waals surface area contributed by atoms with E-state index in [1.165, 1.54) is 18.4 Å². The zero-order valence-electron chi connectivity index (χ0n) is 16.6. The first-order valence-corrected chi connectivity index (χ1v) is 10.3. The minimum Gasteiger partial charge on any atom is -0.480 e. The molecule has 7 nitrogen and oxygen atoms in total. The second-order valence-corrected chi connectivity index (χ2v) is 7.60.